The molecular weight excluding hydrogens is 587 g/mol. The number of sulfone groups is 1. The molecular formula is C29H37N9O3S2. The second-order valence-electron chi connectivity index (χ2n) is 10.6. The number of H-pyrrole nitrogens is 1. The number of likely N-dealkylation sites (N-methyl/N-ethyl adjacent to an activating group) is 1. The largest absolute Gasteiger partial charge is 0.490 e. The highest BCUT2D eigenvalue weighted by Crippen LogP contribution is 2.38. The molecule has 1 aliphatic heterocycles. The number of rotatable bonds is 12. The van der Waals surface area contributed by atoms with Crippen molar-refractivity contribution in [3.05, 3.63) is 66.1 Å². The molecule has 5 rings (SSSR count). The lowest BCUT2D eigenvalue weighted by molar-refractivity contribution is 0.228. The predicted molar refractivity (Wildman–Crippen MR) is 168 cm³/mol. The molecule has 0 unspecified atom stereocenters. The number of ether oxygens (including phenoxy) is 1. The van der Waals surface area contributed by atoms with E-state index in [2.05, 4.69) is 49.3 Å². The number of benzene rings is 1. The first-order valence-corrected chi connectivity index (χ1v) is 16.4. The summed E-state index contributed by atoms with van der Waals surface area (Å²) in [6.45, 7) is 7.39. The monoisotopic (exact) mass is 623 g/mol. The number of methoxy groups -OCH3 is 1. The van der Waals surface area contributed by atoms with Gasteiger partial charge in [-0.25, -0.2) is 18.4 Å². The predicted octanol–water partition coefficient (Wildman–Crippen LogP) is 3.46. The Hall–Kier alpha value is -3.72. The molecule has 1 fully saturated rings. The van der Waals surface area contributed by atoms with Crippen LogP contribution >= 0.6 is 11.8 Å². The number of nitrogens with zero attached hydrogens (tertiary/aromatic N) is 7. The maximum absolute atomic E-state index is 13.0. The van der Waals surface area contributed by atoms with Crippen LogP contribution in [0.15, 0.2) is 69.8 Å². The lowest BCUT2D eigenvalue weighted by Gasteiger charge is -2.36. The van der Waals surface area contributed by atoms with E-state index in [-0.39, 0.29) is 10.6 Å². The lowest BCUT2D eigenvalue weighted by atomic mass is 10.3. The van der Waals surface area contributed by atoms with Crippen LogP contribution in [0.2, 0.25) is 0 Å². The van der Waals surface area contributed by atoms with Crippen molar-refractivity contribution >= 4 is 39.1 Å². The first-order valence-electron chi connectivity index (χ1n) is 14.0. The summed E-state index contributed by atoms with van der Waals surface area (Å²) in [6, 6.07) is 12.1. The summed E-state index contributed by atoms with van der Waals surface area (Å²) >= 11 is 1.36. The van der Waals surface area contributed by atoms with E-state index in [1.54, 1.807) is 55.9 Å². The Morgan fingerprint density at radius 1 is 1.05 bits per heavy atom. The van der Waals surface area contributed by atoms with Crippen LogP contribution in [0.5, 0.6) is 5.75 Å². The van der Waals surface area contributed by atoms with Crippen molar-refractivity contribution in [1.82, 2.24) is 34.9 Å². The number of hydrogen-bond donors (Lipinski definition) is 2. The molecule has 12 nitrogen and oxygen atoms in total. The average molecular weight is 624 g/mol. The number of hydrogen-bond acceptors (Lipinski definition) is 12. The normalized spacial score (nSPS) is 14.3. The number of nitrogens with one attached hydrogen (secondary N) is 2. The molecule has 228 valence electrons. The standard InChI is InChI=1S/C29H37N9O3S2/c1-21-19-25(35-34-21)31-27-26(41-4)28(38-17-15-37(16-18-38)14-13-36(2)3)33-29(32-27)42-23-5-7-24(8-6-23)43(39,40)20-22-9-11-30-12-10-22/h5-12,19H,13-18,20H2,1-4H3,(H2,31,32,33,34,35). The Kier molecular flexibility index (Phi) is 9.80. The van der Waals surface area contributed by atoms with E-state index in [1.807, 2.05) is 13.0 Å². The average Bonchev–Trinajstić information content (AvgIpc) is 3.41. The maximum atomic E-state index is 13.0. The number of aromatic amines is 1. The van der Waals surface area contributed by atoms with E-state index in [0.717, 1.165) is 49.9 Å². The van der Waals surface area contributed by atoms with Crippen molar-refractivity contribution in [2.45, 2.75) is 27.6 Å². The first-order chi connectivity index (χ1) is 20.7. The summed E-state index contributed by atoms with van der Waals surface area (Å²) in [4.78, 5) is 21.6. The third-order valence-corrected chi connectivity index (χ3v) is 9.59. The molecule has 2 N–H and O–H groups in total. The van der Waals surface area contributed by atoms with Crippen LogP contribution < -0.4 is 15.0 Å². The van der Waals surface area contributed by atoms with Crippen LogP contribution in [-0.4, -0.2) is 104 Å². The molecule has 3 aromatic heterocycles. The van der Waals surface area contributed by atoms with Crippen molar-refractivity contribution in [2.24, 2.45) is 0 Å². The molecule has 0 saturated carbocycles. The van der Waals surface area contributed by atoms with Gasteiger partial charge in [0.2, 0.25) is 5.75 Å². The van der Waals surface area contributed by atoms with Crippen molar-refractivity contribution in [3.63, 3.8) is 0 Å². The van der Waals surface area contributed by atoms with Crippen LogP contribution in [0.3, 0.4) is 0 Å². The molecule has 0 bridgehead atoms. The topological polar surface area (TPSA) is 132 Å². The minimum atomic E-state index is -3.50. The summed E-state index contributed by atoms with van der Waals surface area (Å²) < 4.78 is 31.8. The van der Waals surface area contributed by atoms with Gasteiger partial charge in [0.1, 0.15) is 0 Å². The maximum Gasteiger partial charge on any atom is 0.204 e. The fourth-order valence-electron chi connectivity index (χ4n) is 4.68. The fourth-order valence-corrected chi connectivity index (χ4v) is 6.78. The van der Waals surface area contributed by atoms with Gasteiger partial charge >= 0.3 is 0 Å². The molecule has 0 radical (unpaired) electrons. The number of aryl methyl sites for hydroxylation is 1. The van der Waals surface area contributed by atoms with Gasteiger partial charge in [-0.2, -0.15) is 5.10 Å². The van der Waals surface area contributed by atoms with Crippen LogP contribution in [0.1, 0.15) is 11.3 Å². The summed E-state index contributed by atoms with van der Waals surface area (Å²) in [5, 5.41) is 11.0. The first kappa shape index (κ1) is 30.7. The second-order valence-corrected chi connectivity index (χ2v) is 13.6. The highest BCUT2D eigenvalue weighted by molar-refractivity contribution is 7.99. The third kappa shape index (κ3) is 8.02. The zero-order valence-electron chi connectivity index (χ0n) is 24.8. The molecule has 0 amide bonds. The minimum Gasteiger partial charge on any atom is -0.490 e. The minimum absolute atomic E-state index is 0.0862. The fraction of sp³-hybridized carbons (Fsp3) is 0.379. The van der Waals surface area contributed by atoms with E-state index in [4.69, 9.17) is 14.7 Å². The Morgan fingerprint density at radius 3 is 2.40 bits per heavy atom. The van der Waals surface area contributed by atoms with Gasteiger partial charge in [0.15, 0.2) is 32.4 Å². The highest BCUT2D eigenvalue weighted by atomic mass is 32.2. The molecule has 0 spiro atoms. The van der Waals surface area contributed by atoms with Gasteiger partial charge in [0, 0.05) is 68.3 Å². The van der Waals surface area contributed by atoms with E-state index < -0.39 is 9.84 Å². The van der Waals surface area contributed by atoms with Crippen LogP contribution in [-0.2, 0) is 15.6 Å². The molecule has 4 heterocycles. The van der Waals surface area contributed by atoms with Crippen LogP contribution in [0, 0.1) is 6.92 Å². The van der Waals surface area contributed by atoms with E-state index >= 15 is 0 Å². The van der Waals surface area contributed by atoms with Gasteiger partial charge in [-0.1, -0.05) is 0 Å². The van der Waals surface area contributed by atoms with Crippen molar-refractivity contribution in [1.29, 1.82) is 0 Å². The van der Waals surface area contributed by atoms with E-state index in [0.29, 0.717) is 33.9 Å². The SMILES string of the molecule is COc1c(Nc2cc(C)[nH]n2)nc(Sc2ccc(S(=O)(=O)Cc3ccncc3)cc2)nc1N1CCN(CCN(C)C)CC1. The summed E-state index contributed by atoms with van der Waals surface area (Å²) in [5.74, 6) is 2.29. The molecule has 1 aliphatic rings. The van der Waals surface area contributed by atoms with E-state index in [1.165, 1.54) is 11.8 Å². The summed E-state index contributed by atoms with van der Waals surface area (Å²) in [6.07, 6.45) is 3.18. The summed E-state index contributed by atoms with van der Waals surface area (Å²) in [5.41, 5.74) is 1.61. The third-order valence-electron chi connectivity index (χ3n) is 7.02. The van der Waals surface area contributed by atoms with Gasteiger partial charge in [-0.05, 0) is 74.7 Å². The summed E-state index contributed by atoms with van der Waals surface area (Å²) in [7, 11) is 2.29. The highest BCUT2D eigenvalue weighted by Gasteiger charge is 2.25. The van der Waals surface area contributed by atoms with Crippen LogP contribution in [0.25, 0.3) is 0 Å². The Bertz CT molecular complexity index is 1610. The number of piperazine rings is 1. The number of anilines is 3. The molecule has 0 atom stereocenters. The number of aromatic nitrogens is 5. The Balaban J connectivity index is 1.39. The van der Waals surface area contributed by atoms with Gasteiger partial charge in [0.25, 0.3) is 0 Å². The van der Waals surface area contributed by atoms with E-state index in [9.17, 15) is 8.42 Å². The Labute approximate surface area is 256 Å². The lowest BCUT2D eigenvalue weighted by Crippen LogP contribution is -2.48. The molecule has 1 aromatic carbocycles. The molecule has 0 aliphatic carbocycles. The molecule has 43 heavy (non-hydrogen) atoms. The second kappa shape index (κ2) is 13.7. The van der Waals surface area contributed by atoms with Crippen molar-refractivity contribution in [2.75, 3.05) is 70.7 Å². The number of pyridine rings is 1. The smallest absolute Gasteiger partial charge is 0.204 e. The Morgan fingerprint density at radius 2 is 1.77 bits per heavy atom. The van der Waals surface area contributed by atoms with Crippen LogP contribution in [0.4, 0.5) is 17.5 Å². The van der Waals surface area contributed by atoms with Crippen molar-refractivity contribution in [3.8, 4) is 5.75 Å². The molecule has 4 aromatic rings. The molecule has 14 heteroatoms. The van der Waals surface area contributed by atoms with Gasteiger partial charge in [-0.15, -0.1) is 0 Å². The van der Waals surface area contributed by atoms with Gasteiger partial charge in [-0.3, -0.25) is 15.0 Å². The van der Waals surface area contributed by atoms with Gasteiger partial charge in [0.05, 0.1) is 17.8 Å². The zero-order chi connectivity index (χ0) is 30.4. The van der Waals surface area contributed by atoms with Crippen molar-refractivity contribution < 1.29 is 13.2 Å². The molecule has 1 saturated heterocycles. The zero-order valence-corrected chi connectivity index (χ0v) is 26.5. The quantitative estimate of drug-likeness (QED) is 0.224. The van der Waals surface area contributed by atoms with Gasteiger partial charge < -0.3 is 19.9 Å².